The molecule has 1 amide bonds. The van der Waals surface area contributed by atoms with E-state index in [0.717, 1.165) is 24.2 Å². The number of aliphatic hydroxyl groups is 1. The number of amides is 1. The molecule has 2 N–H and O–H groups in total. The summed E-state index contributed by atoms with van der Waals surface area (Å²) >= 11 is 1.69. The Morgan fingerprint density at radius 2 is 2.53 bits per heavy atom. The van der Waals surface area contributed by atoms with Gasteiger partial charge in [-0.25, -0.2) is 4.98 Å². The van der Waals surface area contributed by atoms with Crippen molar-refractivity contribution >= 4 is 23.5 Å². The largest absolute Gasteiger partial charge is 0.384 e. The molecule has 1 saturated heterocycles. The van der Waals surface area contributed by atoms with Gasteiger partial charge in [0.2, 0.25) is 5.91 Å². The van der Waals surface area contributed by atoms with Gasteiger partial charge in [0.05, 0.1) is 4.75 Å². The molecule has 1 aromatic rings. The first kappa shape index (κ1) is 13.9. The van der Waals surface area contributed by atoms with Crippen LogP contribution in [0.3, 0.4) is 0 Å². The SMILES string of the molecule is CC1(C(=O)Nc2cc(C#CCO)ccn2)CCCS1. The normalized spacial score (nSPS) is 21.6. The van der Waals surface area contributed by atoms with Crippen LogP contribution < -0.4 is 5.32 Å². The molecule has 1 aliphatic rings. The van der Waals surface area contributed by atoms with Crippen molar-refractivity contribution < 1.29 is 9.90 Å². The van der Waals surface area contributed by atoms with Gasteiger partial charge in [-0.2, -0.15) is 0 Å². The van der Waals surface area contributed by atoms with E-state index >= 15 is 0 Å². The summed E-state index contributed by atoms with van der Waals surface area (Å²) in [6.45, 7) is 1.79. The Morgan fingerprint density at radius 3 is 3.21 bits per heavy atom. The van der Waals surface area contributed by atoms with E-state index in [0.29, 0.717) is 5.82 Å². The van der Waals surface area contributed by atoms with Crippen LogP contribution in [0.5, 0.6) is 0 Å². The molecule has 2 rings (SSSR count). The zero-order valence-electron chi connectivity index (χ0n) is 10.8. The van der Waals surface area contributed by atoms with Gasteiger partial charge in [-0.3, -0.25) is 4.79 Å². The lowest BCUT2D eigenvalue weighted by molar-refractivity contribution is -0.118. The topological polar surface area (TPSA) is 62.2 Å². The number of nitrogens with one attached hydrogen (secondary N) is 1. The molecule has 5 heteroatoms. The van der Waals surface area contributed by atoms with Crippen molar-refractivity contribution in [1.82, 2.24) is 4.98 Å². The van der Waals surface area contributed by atoms with Crippen molar-refractivity contribution in [3.8, 4) is 11.8 Å². The Morgan fingerprint density at radius 1 is 1.68 bits per heavy atom. The maximum absolute atomic E-state index is 12.2. The lowest BCUT2D eigenvalue weighted by Crippen LogP contribution is -2.34. The highest BCUT2D eigenvalue weighted by atomic mass is 32.2. The Hall–Kier alpha value is -1.51. The third-order valence-corrected chi connectivity index (χ3v) is 4.53. The number of carbonyl (C=O) groups excluding carboxylic acids is 1. The van der Waals surface area contributed by atoms with Crippen LogP contribution in [0, 0.1) is 11.8 Å². The maximum atomic E-state index is 12.2. The second kappa shape index (κ2) is 6.09. The molecule has 1 unspecified atom stereocenters. The zero-order valence-corrected chi connectivity index (χ0v) is 11.6. The first-order valence-corrected chi connectivity index (χ1v) is 7.14. The number of pyridine rings is 1. The van der Waals surface area contributed by atoms with E-state index in [4.69, 9.17) is 5.11 Å². The molecule has 0 spiro atoms. The van der Waals surface area contributed by atoms with E-state index in [1.54, 1.807) is 30.1 Å². The van der Waals surface area contributed by atoms with Crippen molar-refractivity contribution in [2.45, 2.75) is 24.5 Å². The quantitative estimate of drug-likeness (QED) is 0.806. The maximum Gasteiger partial charge on any atom is 0.241 e. The molecule has 0 aromatic carbocycles. The molecular formula is C14H16N2O2S. The average Bonchev–Trinajstić information content (AvgIpc) is 2.85. The highest BCUT2D eigenvalue weighted by molar-refractivity contribution is 8.01. The highest BCUT2D eigenvalue weighted by Crippen LogP contribution is 2.38. The molecule has 0 saturated carbocycles. The van der Waals surface area contributed by atoms with Gasteiger partial charge in [0, 0.05) is 11.8 Å². The van der Waals surface area contributed by atoms with E-state index in [-0.39, 0.29) is 17.3 Å². The summed E-state index contributed by atoms with van der Waals surface area (Å²) in [6, 6.07) is 3.45. The molecule has 0 aliphatic carbocycles. The van der Waals surface area contributed by atoms with Crippen molar-refractivity contribution in [3.05, 3.63) is 23.9 Å². The lowest BCUT2D eigenvalue weighted by atomic mass is 10.1. The summed E-state index contributed by atoms with van der Waals surface area (Å²) in [4.78, 5) is 16.3. The van der Waals surface area contributed by atoms with Gasteiger partial charge in [-0.05, 0) is 37.7 Å². The number of hydrogen-bond donors (Lipinski definition) is 2. The summed E-state index contributed by atoms with van der Waals surface area (Å²) in [5.41, 5.74) is 0.726. The van der Waals surface area contributed by atoms with Crippen LogP contribution in [0.25, 0.3) is 0 Å². The lowest BCUT2D eigenvalue weighted by Gasteiger charge is -2.21. The van der Waals surface area contributed by atoms with Crippen LogP contribution in [0.4, 0.5) is 5.82 Å². The molecule has 0 bridgehead atoms. The van der Waals surface area contributed by atoms with Crippen LogP contribution in [0.15, 0.2) is 18.3 Å². The first-order valence-electron chi connectivity index (χ1n) is 6.15. The predicted octanol–water partition coefficient (Wildman–Crippen LogP) is 1.65. The summed E-state index contributed by atoms with van der Waals surface area (Å²) in [5, 5.41) is 11.5. The monoisotopic (exact) mass is 276 g/mol. The summed E-state index contributed by atoms with van der Waals surface area (Å²) in [5.74, 6) is 6.88. The Balaban J connectivity index is 2.08. The number of carbonyl (C=O) groups is 1. The molecule has 1 atom stereocenters. The fourth-order valence-corrected chi connectivity index (χ4v) is 3.13. The highest BCUT2D eigenvalue weighted by Gasteiger charge is 2.37. The van der Waals surface area contributed by atoms with E-state index < -0.39 is 0 Å². The summed E-state index contributed by atoms with van der Waals surface area (Å²) in [7, 11) is 0. The van der Waals surface area contributed by atoms with Crippen molar-refractivity contribution in [1.29, 1.82) is 0 Å². The van der Waals surface area contributed by atoms with Crippen LogP contribution >= 0.6 is 11.8 Å². The van der Waals surface area contributed by atoms with Gasteiger partial charge >= 0.3 is 0 Å². The van der Waals surface area contributed by atoms with Gasteiger partial charge in [0.25, 0.3) is 0 Å². The van der Waals surface area contributed by atoms with Crippen molar-refractivity contribution in [3.63, 3.8) is 0 Å². The minimum absolute atomic E-state index is 0.00485. The number of rotatable bonds is 2. The van der Waals surface area contributed by atoms with E-state index in [1.807, 2.05) is 6.92 Å². The van der Waals surface area contributed by atoms with Crippen LogP contribution in [-0.4, -0.2) is 33.1 Å². The van der Waals surface area contributed by atoms with Gasteiger partial charge in [0.1, 0.15) is 12.4 Å². The fourth-order valence-electron chi connectivity index (χ4n) is 1.92. The predicted molar refractivity (Wildman–Crippen MR) is 76.9 cm³/mol. The number of nitrogens with zero attached hydrogens (tertiary/aromatic N) is 1. The summed E-state index contributed by atoms with van der Waals surface area (Å²) in [6.07, 6.45) is 3.57. The molecule has 100 valence electrons. The molecule has 0 radical (unpaired) electrons. The molecular weight excluding hydrogens is 260 g/mol. The minimum atomic E-state index is -0.353. The Labute approximate surface area is 117 Å². The molecule has 1 fully saturated rings. The zero-order chi connectivity index (χ0) is 13.7. The third-order valence-electron chi connectivity index (χ3n) is 3.01. The number of aromatic nitrogens is 1. The average molecular weight is 276 g/mol. The number of thioether (sulfide) groups is 1. The van der Waals surface area contributed by atoms with Crippen LogP contribution in [0.2, 0.25) is 0 Å². The molecule has 4 nitrogen and oxygen atoms in total. The van der Waals surface area contributed by atoms with Gasteiger partial charge in [0.15, 0.2) is 0 Å². The van der Waals surface area contributed by atoms with E-state index in [9.17, 15) is 4.79 Å². The molecule has 19 heavy (non-hydrogen) atoms. The fraction of sp³-hybridized carbons (Fsp3) is 0.429. The minimum Gasteiger partial charge on any atom is -0.384 e. The number of hydrogen-bond acceptors (Lipinski definition) is 4. The number of aliphatic hydroxyl groups excluding tert-OH is 1. The van der Waals surface area contributed by atoms with Crippen molar-refractivity contribution in [2.24, 2.45) is 0 Å². The molecule has 2 heterocycles. The second-order valence-electron chi connectivity index (χ2n) is 4.53. The summed E-state index contributed by atoms with van der Waals surface area (Å²) < 4.78 is -0.353. The molecule has 1 aliphatic heterocycles. The van der Waals surface area contributed by atoms with Crippen LogP contribution in [0.1, 0.15) is 25.3 Å². The smallest absolute Gasteiger partial charge is 0.241 e. The molecule has 1 aromatic heterocycles. The van der Waals surface area contributed by atoms with Gasteiger partial charge in [-0.15, -0.1) is 11.8 Å². The van der Waals surface area contributed by atoms with Crippen LogP contribution in [-0.2, 0) is 4.79 Å². The van der Waals surface area contributed by atoms with Gasteiger partial charge in [-0.1, -0.05) is 11.8 Å². The Bertz CT molecular complexity index is 528. The van der Waals surface area contributed by atoms with Crippen molar-refractivity contribution in [2.75, 3.05) is 17.7 Å². The van der Waals surface area contributed by atoms with Gasteiger partial charge < -0.3 is 10.4 Å². The van der Waals surface area contributed by atoms with E-state index in [1.165, 1.54) is 0 Å². The first-order chi connectivity index (χ1) is 9.14. The third kappa shape index (κ3) is 3.49. The second-order valence-corrected chi connectivity index (χ2v) is 6.12. The standard InChI is InChI=1S/C14H16N2O2S/c1-14(6-3-9-19-14)13(18)16-12-10-11(4-2-8-17)5-7-15-12/h5,7,10,17H,3,6,8-9H2,1H3,(H,15,16,18). The Kier molecular flexibility index (Phi) is 4.46. The van der Waals surface area contributed by atoms with E-state index in [2.05, 4.69) is 22.1 Å². The number of anilines is 1.